The van der Waals surface area contributed by atoms with Crippen LogP contribution < -0.4 is 14.8 Å². The molecule has 0 spiro atoms. The van der Waals surface area contributed by atoms with Gasteiger partial charge in [-0.3, -0.25) is 4.79 Å². The van der Waals surface area contributed by atoms with Crippen molar-refractivity contribution >= 4 is 17.7 Å². The number of unbranched alkanes of at least 4 members (excludes halogenated alkanes) is 11. The standard InChI is InChI=1S/C57H82N4O11/c1-3-5-6-7-8-9-10-11-12-16-29-59-56(66)70-45-27-28-50-48(39-45)53-46(21-14-18-32-63)44(20-13-17-31-62)38-47-49(60-72-52-22-15-19-35-68-52)40-51(57(71-50,54(47)53)69-34-4-2)61(30-36-67-37-33-64)55(65)43-25-23-42(41-58)24-26-43/h4,23-28,38-39,44,46,51-54,62-64H,2-3,5-22,29-37,40H2,1H3,(H,59,66). The third-order valence-corrected chi connectivity index (χ3v) is 14.7. The normalized spacial score (nSPS) is 23.7. The highest BCUT2D eigenvalue weighted by Gasteiger charge is 2.65. The number of allylic oxidation sites excluding steroid dienone is 1. The Morgan fingerprint density at radius 3 is 2.33 bits per heavy atom. The molecule has 0 bridgehead atoms. The summed E-state index contributed by atoms with van der Waals surface area (Å²) in [7, 11) is 0. The molecule has 0 radical (unpaired) electrons. The number of aliphatic hydroxyl groups is 3. The van der Waals surface area contributed by atoms with Crippen LogP contribution in [0.3, 0.4) is 0 Å². The number of hydrogen-bond donors (Lipinski definition) is 4. The third-order valence-electron chi connectivity index (χ3n) is 14.7. The van der Waals surface area contributed by atoms with Gasteiger partial charge in [0.05, 0.1) is 56.3 Å². The van der Waals surface area contributed by atoms with Crippen LogP contribution >= 0.6 is 0 Å². The lowest BCUT2D eigenvalue weighted by atomic mass is 9.55. The van der Waals surface area contributed by atoms with Crippen molar-refractivity contribution in [2.45, 2.75) is 159 Å². The number of nitrogens with zero attached hydrogens (tertiary/aromatic N) is 3. The molecule has 1 saturated carbocycles. The van der Waals surface area contributed by atoms with Crippen LogP contribution in [0.15, 0.2) is 71.9 Å². The lowest BCUT2D eigenvalue weighted by Crippen LogP contribution is -2.70. The number of benzene rings is 2. The number of fused-ring (bicyclic) bond motifs is 2. The first-order valence-corrected chi connectivity index (χ1v) is 27.1. The number of nitriles is 1. The van der Waals surface area contributed by atoms with Gasteiger partial charge in [-0.2, -0.15) is 5.26 Å². The van der Waals surface area contributed by atoms with Gasteiger partial charge in [-0.25, -0.2) is 4.79 Å². The summed E-state index contributed by atoms with van der Waals surface area (Å²) in [5, 5.41) is 47.3. The monoisotopic (exact) mass is 999 g/mol. The van der Waals surface area contributed by atoms with Crippen molar-refractivity contribution in [3.63, 3.8) is 0 Å². The predicted octanol–water partition coefficient (Wildman–Crippen LogP) is 9.88. The van der Waals surface area contributed by atoms with Gasteiger partial charge in [0.1, 0.15) is 17.5 Å². The van der Waals surface area contributed by atoms with Crippen molar-refractivity contribution in [1.82, 2.24) is 10.2 Å². The highest BCUT2D eigenvalue weighted by atomic mass is 16.8. The van der Waals surface area contributed by atoms with Gasteiger partial charge in [-0.05, 0) is 105 Å². The zero-order chi connectivity index (χ0) is 51.0. The Balaban J connectivity index is 1.43. The van der Waals surface area contributed by atoms with Crippen LogP contribution in [0.4, 0.5) is 4.79 Å². The molecular formula is C57H82N4O11. The Morgan fingerprint density at radius 1 is 0.917 bits per heavy atom. The SMILES string of the molecule is C=CCOC12Oc3ccc(OC(=O)NCCCCCCCCCCCC)cc3C3C(CCCCO)C(CCCCO)C=C(C(=NOC4CCCCO4)CC1N(CCOCCO)C(=O)c1ccc(C#N)cc1)C32. The van der Waals surface area contributed by atoms with Crippen molar-refractivity contribution in [1.29, 1.82) is 5.26 Å². The molecule has 4 N–H and O–H groups in total. The van der Waals surface area contributed by atoms with E-state index in [9.17, 15) is 25.4 Å². The van der Waals surface area contributed by atoms with Crippen molar-refractivity contribution in [2.75, 3.05) is 59.3 Å². The maximum absolute atomic E-state index is 15.2. The molecular weight excluding hydrogens is 917 g/mol. The lowest BCUT2D eigenvalue weighted by Gasteiger charge is -2.60. The summed E-state index contributed by atoms with van der Waals surface area (Å²) >= 11 is 0. The summed E-state index contributed by atoms with van der Waals surface area (Å²) in [6, 6.07) is 13.2. The van der Waals surface area contributed by atoms with Crippen LogP contribution in [0.25, 0.3) is 0 Å². The molecule has 7 atom stereocenters. The molecule has 15 heteroatoms. The number of amides is 2. The molecule has 1 saturated heterocycles. The molecule has 72 heavy (non-hydrogen) atoms. The molecule has 7 unspecified atom stereocenters. The van der Waals surface area contributed by atoms with E-state index >= 15 is 4.79 Å². The first kappa shape index (κ1) is 56.5. The lowest BCUT2D eigenvalue weighted by molar-refractivity contribution is -0.255. The predicted molar refractivity (Wildman–Crippen MR) is 276 cm³/mol. The molecule has 2 fully saturated rings. The minimum absolute atomic E-state index is 0.0144. The number of ether oxygens (including phenoxy) is 5. The van der Waals surface area contributed by atoms with Crippen LogP contribution in [-0.4, -0.2) is 115 Å². The summed E-state index contributed by atoms with van der Waals surface area (Å²) in [6.45, 7) is 7.56. The van der Waals surface area contributed by atoms with E-state index in [0.717, 1.165) is 68.9 Å². The summed E-state index contributed by atoms with van der Waals surface area (Å²) in [5.74, 6) is -2.07. The maximum atomic E-state index is 15.2. The topological polar surface area (TPSA) is 202 Å². The highest BCUT2D eigenvalue weighted by Crippen LogP contribution is 2.62. The Bertz CT molecular complexity index is 2090. The van der Waals surface area contributed by atoms with E-state index in [1.165, 1.54) is 44.9 Å². The molecule has 2 aliphatic heterocycles. The number of hydrogen-bond acceptors (Lipinski definition) is 13. The Labute approximate surface area is 427 Å². The van der Waals surface area contributed by atoms with Crippen molar-refractivity contribution in [2.24, 2.45) is 22.9 Å². The van der Waals surface area contributed by atoms with Crippen molar-refractivity contribution in [3.8, 4) is 17.6 Å². The molecule has 4 aliphatic rings. The van der Waals surface area contributed by atoms with Gasteiger partial charge in [0.15, 0.2) is 0 Å². The van der Waals surface area contributed by atoms with Crippen LogP contribution in [-0.2, 0) is 19.0 Å². The first-order chi connectivity index (χ1) is 35.3. The average Bonchev–Trinajstić information content (AvgIpc) is 3.40. The van der Waals surface area contributed by atoms with E-state index in [1.54, 1.807) is 41.3 Å². The number of carbonyl (C=O) groups is 2. The second kappa shape index (κ2) is 30.4. The zero-order valence-corrected chi connectivity index (χ0v) is 42.8. The summed E-state index contributed by atoms with van der Waals surface area (Å²) in [5.41, 5.74) is 3.04. The number of aliphatic hydroxyl groups excluding tert-OH is 3. The number of rotatable bonds is 32. The van der Waals surface area contributed by atoms with Crippen LogP contribution in [0, 0.1) is 29.1 Å². The fourth-order valence-corrected chi connectivity index (χ4v) is 11.2. The Hall–Kier alpha value is -4.82. The largest absolute Gasteiger partial charge is 0.459 e. The minimum Gasteiger partial charge on any atom is -0.459 e. The van der Waals surface area contributed by atoms with Crippen molar-refractivity contribution in [3.05, 3.63) is 83.5 Å². The number of nitrogens with one attached hydrogen (secondary N) is 1. The zero-order valence-electron chi connectivity index (χ0n) is 42.8. The smallest absolute Gasteiger partial charge is 0.412 e. The second-order valence-electron chi connectivity index (χ2n) is 19.7. The molecule has 2 amide bonds. The van der Waals surface area contributed by atoms with E-state index in [0.29, 0.717) is 60.8 Å². The van der Waals surface area contributed by atoms with Gasteiger partial charge in [0.25, 0.3) is 5.91 Å². The molecule has 0 aromatic heterocycles. The van der Waals surface area contributed by atoms with Gasteiger partial charge in [-0.1, -0.05) is 94.9 Å². The number of oxime groups is 1. The summed E-state index contributed by atoms with van der Waals surface area (Å²) < 4.78 is 32.4. The molecule has 2 aromatic rings. The second-order valence-corrected chi connectivity index (χ2v) is 19.7. The molecule has 15 nitrogen and oxygen atoms in total. The molecule has 396 valence electrons. The van der Waals surface area contributed by atoms with Gasteiger partial charge >= 0.3 is 6.09 Å². The molecule has 2 aliphatic carbocycles. The van der Waals surface area contributed by atoms with Gasteiger partial charge in [-0.15, -0.1) is 6.58 Å². The Morgan fingerprint density at radius 2 is 1.65 bits per heavy atom. The molecule has 2 aromatic carbocycles. The van der Waals surface area contributed by atoms with E-state index in [4.69, 9.17) is 33.7 Å². The minimum atomic E-state index is -1.56. The first-order valence-electron chi connectivity index (χ1n) is 27.1. The van der Waals surface area contributed by atoms with Crippen LogP contribution in [0.2, 0.25) is 0 Å². The summed E-state index contributed by atoms with van der Waals surface area (Å²) in [6.07, 6.45) is 21.7. The van der Waals surface area contributed by atoms with Gasteiger partial charge < -0.3 is 54.1 Å². The molecule has 6 rings (SSSR count). The summed E-state index contributed by atoms with van der Waals surface area (Å²) in [4.78, 5) is 36.6. The van der Waals surface area contributed by atoms with E-state index in [1.807, 2.05) is 12.1 Å². The van der Waals surface area contributed by atoms with E-state index in [2.05, 4.69) is 31.0 Å². The van der Waals surface area contributed by atoms with Crippen molar-refractivity contribution < 1.29 is 53.4 Å². The fourth-order valence-electron chi connectivity index (χ4n) is 11.2. The quantitative estimate of drug-likeness (QED) is 0.0308. The van der Waals surface area contributed by atoms with Gasteiger partial charge in [0, 0.05) is 56.2 Å². The van der Waals surface area contributed by atoms with Gasteiger partial charge in [0.2, 0.25) is 12.1 Å². The van der Waals surface area contributed by atoms with E-state index in [-0.39, 0.29) is 76.3 Å². The number of carbonyl (C=O) groups excluding carboxylic acids is 2. The Kier molecular flexibility index (Phi) is 23.8. The van der Waals surface area contributed by atoms with E-state index < -0.39 is 30.1 Å². The van der Waals surface area contributed by atoms with Crippen LogP contribution in [0.1, 0.15) is 163 Å². The fraction of sp³-hybridized carbons (Fsp3) is 0.649. The molecule has 2 heterocycles. The highest BCUT2D eigenvalue weighted by molar-refractivity contribution is 6.03. The third kappa shape index (κ3) is 15.4. The average molecular weight is 999 g/mol. The maximum Gasteiger partial charge on any atom is 0.412 e. The van der Waals surface area contributed by atoms with Crippen LogP contribution in [0.5, 0.6) is 11.5 Å².